The largest absolute Gasteiger partial charge is 0.573 e. The van der Waals surface area contributed by atoms with Gasteiger partial charge >= 0.3 is 12.5 Å². The molecule has 17 heavy (non-hydrogen) atoms. The molecule has 0 amide bonds. The van der Waals surface area contributed by atoms with Crippen LogP contribution < -0.4 is 10.3 Å². The highest BCUT2D eigenvalue weighted by molar-refractivity contribution is 14.1. The lowest BCUT2D eigenvalue weighted by atomic mass is 10.2. The molecule has 0 atom stereocenters. The third-order valence-corrected chi connectivity index (χ3v) is 2.24. The molecule has 0 aromatic carbocycles. The first-order valence-corrected chi connectivity index (χ1v) is 4.84. The summed E-state index contributed by atoms with van der Waals surface area (Å²) in [7, 11) is 0. The van der Waals surface area contributed by atoms with E-state index in [-0.39, 0.29) is 6.07 Å². The van der Waals surface area contributed by atoms with Gasteiger partial charge < -0.3 is 9.72 Å². The molecule has 0 unspecified atom stereocenters. The molecule has 0 fully saturated rings. The molecule has 0 radical (unpaired) electrons. The van der Waals surface area contributed by atoms with Gasteiger partial charge in [-0.25, -0.2) is 0 Å². The molecule has 0 aliphatic rings. The first-order valence-electron chi connectivity index (χ1n) is 3.76. The quantitative estimate of drug-likeness (QED) is 0.468. The van der Waals surface area contributed by atoms with Gasteiger partial charge in [0.25, 0.3) is 0 Å². The zero-order valence-corrected chi connectivity index (χ0v) is 9.70. The van der Waals surface area contributed by atoms with Gasteiger partial charge in [-0.2, -0.15) is 13.2 Å². The predicted molar refractivity (Wildman–Crippen MR) is 51.5 cm³/mol. The maximum absolute atomic E-state index is 12.4. The predicted octanol–water partition coefficient (Wildman–Crippen LogP) is 2.90. The zero-order chi connectivity index (χ0) is 13.4. The standard InChI is InChI=1S/C7H2F6INO2/c8-6(9,10)2-1-3(16)15-5(14)4(2)17-7(11,12)13/h1H,(H,15,16). The minimum atomic E-state index is -5.28. The Morgan fingerprint density at radius 3 is 2.12 bits per heavy atom. The fraction of sp³-hybridized carbons (Fsp3) is 0.286. The molecule has 1 heterocycles. The Morgan fingerprint density at radius 1 is 1.18 bits per heavy atom. The third kappa shape index (κ3) is 3.78. The molecule has 0 spiro atoms. The Morgan fingerprint density at radius 2 is 1.71 bits per heavy atom. The minimum absolute atomic E-state index is 0.00321. The van der Waals surface area contributed by atoms with Crippen LogP contribution in [0.4, 0.5) is 26.3 Å². The molecule has 1 rings (SSSR count). The molecule has 0 bridgehead atoms. The summed E-state index contributed by atoms with van der Waals surface area (Å²) in [4.78, 5) is 12.6. The molecule has 0 saturated heterocycles. The number of nitrogens with one attached hydrogen (secondary N) is 1. The lowest BCUT2D eigenvalue weighted by molar-refractivity contribution is -0.276. The van der Waals surface area contributed by atoms with Crippen molar-refractivity contribution < 1.29 is 31.1 Å². The average Bonchev–Trinajstić information content (AvgIpc) is 2.05. The highest BCUT2D eigenvalue weighted by Gasteiger charge is 2.41. The van der Waals surface area contributed by atoms with E-state index < -0.39 is 33.1 Å². The highest BCUT2D eigenvalue weighted by Crippen LogP contribution is 2.39. The first kappa shape index (κ1) is 14.1. The van der Waals surface area contributed by atoms with E-state index in [0.717, 1.165) is 22.6 Å². The molecule has 0 aliphatic carbocycles. The van der Waals surface area contributed by atoms with Crippen molar-refractivity contribution in [1.82, 2.24) is 4.98 Å². The number of rotatable bonds is 1. The maximum Gasteiger partial charge on any atom is 0.573 e. The Kier molecular flexibility index (Phi) is 3.64. The molecular formula is C7H2F6INO2. The Bertz CT molecular complexity index is 477. The van der Waals surface area contributed by atoms with Crippen molar-refractivity contribution in [1.29, 1.82) is 0 Å². The summed E-state index contributed by atoms with van der Waals surface area (Å²) in [5.41, 5.74) is -2.95. The fourth-order valence-electron chi connectivity index (χ4n) is 0.942. The summed E-state index contributed by atoms with van der Waals surface area (Å²) in [6.45, 7) is 0. The monoisotopic (exact) mass is 373 g/mol. The first-order chi connectivity index (χ1) is 7.50. The number of alkyl halides is 6. The van der Waals surface area contributed by atoms with Crippen LogP contribution in [0.25, 0.3) is 0 Å². The molecule has 96 valence electrons. The Hall–Kier alpha value is -0.940. The van der Waals surface area contributed by atoms with Crippen LogP contribution in [-0.4, -0.2) is 11.3 Å². The lowest BCUT2D eigenvalue weighted by Crippen LogP contribution is -2.24. The Labute approximate surface area is 103 Å². The topological polar surface area (TPSA) is 42.1 Å². The van der Waals surface area contributed by atoms with Gasteiger partial charge in [-0.15, -0.1) is 13.2 Å². The molecule has 10 heteroatoms. The summed E-state index contributed by atoms with van der Waals surface area (Å²) in [5.74, 6) is -1.47. The van der Waals surface area contributed by atoms with Crippen LogP contribution in [-0.2, 0) is 6.18 Å². The lowest BCUT2D eigenvalue weighted by Gasteiger charge is -2.15. The van der Waals surface area contributed by atoms with E-state index in [9.17, 15) is 31.1 Å². The fourth-order valence-corrected chi connectivity index (χ4v) is 1.61. The molecular weight excluding hydrogens is 371 g/mol. The summed E-state index contributed by atoms with van der Waals surface area (Å²) >= 11 is 1.11. The van der Waals surface area contributed by atoms with Crippen molar-refractivity contribution in [3.05, 3.63) is 25.7 Å². The second-order valence-corrected chi connectivity index (χ2v) is 3.81. The van der Waals surface area contributed by atoms with Gasteiger partial charge in [-0.1, -0.05) is 0 Å². The van der Waals surface area contributed by atoms with E-state index in [4.69, 9.17) is 0 Å². The van der Waals surface area contributed by atoms with E-state index in [0.29, 0.717) is 0 Å². The second kappa shape index (κ2) is 4.38. The third-order valence-electron chi connectivity index (χ3n) is 1.48. The van der Waals surface area contributed by atoms with Crippen LogP contribution in [0.2, 0.25) is 0 Å². The number of H-pyrrole nitrogens is 1. The molecule has 1 aromatic rings. The molecule has 3 nitrogen and oxygen atoms in total. The van der Waals surface area contributed by atoms with Crippen LogP contribution in [0.3, 0.4) is 0 Å². The number of ether oxygens (including phenoxy) is 1. The SMILES string of the molecule is O=c1cc(C(F)(F)F)c(OC(F)(F)F)c(I)[nH]1. The van der Waals surface area contributed by atoms with Crippen molar-refractivity contribution >= 4 is 22.6 Å². The van der Waals surface area contributed by atoms with Gasteiger partial charge in [0, 0.05) is 6.07 Å². The van der Waals surface area contributed by atoms with Crippen LogP contribution in [0, 0.1) is 3.70 Å². The second-order valence-electron chi connectivity index (χ2n) is 2.74. The van der Waals surface area contributed by atoms with Gasteiger partial charge in [0.2, 0.25) is 5.56 Å². The number of aromatic amines is 1. The summed E-state index contributed by atoms with van der Waals surface area (Å²) in [6.07, 6.45) is -10.4. The van der Waals surface area contributed by atoms with Crippen molar-refractivity contribution in [3.63, 3.8) is 0 Å². The van der Waals surface area contributed by atoms with Crippen LogP contribution >= 0.6 is 22.6 Å². The minimum Gasteiger partial charge on any atom is -0.402 e. The summed E-state index contributed by atoms with van der Waals surface area (Å²) in [6, 6.07) is 0.00321. The number of halogens is 7. The van der Waals surface area contributed by atoms with Crippen molar-refractivity contribution in [2.75, 3.05) is 0 Å². The van der Waals surface area contributed by atoms with Crippen LogP contribution in [0.5, 0.6) is 5.75 Å². The van der Waals surface area contributed by atoms with E-state index in [1.807, 2.05) is 0 Å². The van der Waals surface area contributed by atoms with Crippen LogP contribution in [0.15, 0.2) is 10.9 Å². The molecule has 1 N–H and O–H groups in total. The normalized spacial score (nSPS) is 12.6. The zero-order valence-electron chi connectivity index (χ0n) is 7.54. The molecule has 1 aromatic heterocycles. The number of hydrogen-bond donors (Lipinski definition) is 1. The number of hydrogen-bond acceptors (Lipinski definition) is 2. The van der Waals surface area contributed by atoms with E-state index in [1.54, 1.807) is 4.98 Å². The number of pyridine rings is 1. The van der Waals surface area contributed by atoms with Crippen molar-refractivity contribution in [2.45, 2.75) is 12.5 Å². The van der Waals surface area contributed by atoms with Crippen LogP contribution in [0.1, 0.15) is 5.56 Å². The maximum atomic E-state index is 12.4. The molecule has 0 aliphatic heterocycles. The van der Waals surface area contributed by atoms with Crippen molar-refractivity contribution in [3.8, 4) is 5.75 Å². The van der Waals surface area contributed by atoms with E-state index in [1.165, 1.54) is 0 Å². The Balaban J connectivity index is 3.42. The smallest absolute Gasteiger partial charge is 0.402 e. The van der Waals surface area contributed by atoms with Gasteiger partial charge in [0.05, 0.1) is 0 Å². The van der Waals surface area contributed by atoms with Gasteiger partial charge in [0.15, 0.2) is 5.75 Å². The van der Waals surface area contributed by atoms with Gasteiger partial charge in [-0.05, 0) is 22.6 Å². The van der Waals surface area contributed by atoms with Gasteiger partial charge in [0.1, 0.15) is 9.26 Å². The van der Waals surface area contributed by atoms with E-state index in [2.05, 4.69) is 4.74 Å². The van der Waals surface area contributed by atoms with Gasteiger partial charge in [-0.3, -0.25) is 4.79 Å². The van der Waals surface area contributed by atoms with E-state index >= 15 is 0 Å². The van der Waals surface area contributed by atoms with Crippen molar-refractivity contribution in [2.24, 2.45) is 0 Å². The summed E-state index contributed by atoms with van der Waals surface area (Å²) in [5, 5.41) is 0. The highest BCUT2D eigenvalue weighted by atomic mass is 127. The summed E-state index contributed by atoms with van der Waals surface area (Å²) < 4.78 is 75.4. The number of aromatic nitrogens is 1. The average molecular weight is 373 g/mol. The molecule has 0 saturated carbocycles.